The maximum absolute atomic E-state index is 13.3. The Hall–Kier alpha value is -1.10. The minimum absolute atomic E-state index is 0.108. The van der Waals surface area contributed by atoms with Crippen LogP contribution in [0.3, 0.4) is 0 Å². The van der Waals surface area contributed by atoms with Crippen molar-refractivity contribution in [2.75, 3.05) is 5.75 Å². The maximum atomic E-state index is 13.3. The molecule has 0 radical (unpaired) electrons. The third kappa shape index (κ3) is 4.47. The Kier molecular flexibility index (Phi) is 5.40. The van der Waals surface area contributed by atoms with Gasteiger partial charge in [-0.1, -0.05) is 23.7 Å². The highest BCUT2D eigenvalue weighted by molar-refractivity contribution is 7.99. The maximum Gasteiger partial charge on any atom is 0.142 e. The van der Waals surface area contributed by atoms with Crippen molar-refractivity contribution in [3.8, 4) is 0 Å². The number of benzene rings is 2. The first kappa shape index (κ1) is 15.3. The summed E-state index contributed by atoms with van der Waals surface area (Å²) >= 11 is 7.11. The minimum atomic E-state index is -0.436. The van der Waals surface area contributed by atoms with Crippen molar-refractivity contribution in [1.82, 2.24) is 0 Å². The van der Waals surface area contributed by atoms with Gasteiger partial charge in [0.05, 0.1) is 5.02 Å². The third-order valence-corrected chi connectivity index (χ3v) is 4.23. The van der Waals surface area contributed by atoms with Gasteiger partial charge in [-0.3, -0.25) is 0 Å². The molecule has 0 aliphatic carbocycles. The molecule has 0 saturated heterocycles. The zero-order valence-corrected chi connectivity index (χ0v) is 12.2. The molecule has 0 fully saturated rings. The van der Waals surface area contributed by atoms with E-state index in [0.717, 1.165) is 10.5 Å². The molecule has 1 atom stereocenters. The van der Waals surface area contributed by atoms with Gasteiger partial charge >= 0.3 is 0 Å². The number of nitrogens with two attached hydrogens (primary N) is 1. The minimum Gasteiger partial charge on any atom is -0.327 e. The summed E-state index contributed by atoms with van der Waals surface area (Å²) in [6.07, 6.45) is 0.552. The van der Waals surface area contributed by atoms with Gasteiger partial charge in [-0.05, 0) is 42.3 Å². The second-order valence-corrected chi connectivity index (χ2v) is 5.98. The van der Waals surface area contributed by atoms with Crippen molar-refractivity contribution in [1.29, 1.82) is 0 Å². The van der Waals surface area contributed by atoms with E-state index in [4.69, 9.17) is 17.3 Å². The van der Waals surface area contributed by atoms with E-state index in [0.29, 0.717) is 12.2 Å². The van der Waals surface area contributed by atoms with E-state index in [2.05, 4.69) is 0 Å². The number of halogens is 3. The summed E-state index contributed by atoms with van der Waals surface area (Å²) in [5.74, 6) is -0.0641. The van der Waals surface area contributed by atoms with Crippen molar-refractivity contribution in [2.45, 2.75) is 17.4 Å². The molecular weight excluding hydrogens is 300 g/mol. The Morgan fingerprint density at radius 3 is 2.65 bits per heavy atom. The summed E-state index contributed by atoms with van der Waals surface area (Å²) in [4.78, 5) is 0.836. The van der Waals surface area contributed by atoms with Crippen molar-refractivity contribution >= 4 is 23.4 Å². The fraction of sp³-hybridized carbons (Fsp3) is 0.200. The van der Waals surface area contributed by atoms with Crippen molar-refractivity contribution in [2.24, 2.45) is 5.73 Å². The standard InChI is InChI=1S/C15H14ClF2NS/c16-14-5-4-10(7-15(14)18)6-12(19)9-20-13-3-1-2-11(17)8-13/h1-5,7-8,12H,6,9,19H2. The van der Waals surface area contributed by atoms with Gasteiger partial charge in [0.15, 0.2) is 0 Å². The van der Waals surface area contributed by atoms with Crippen LogP contribution in [0.25, 0.3) is 0 Å². The Morgan fingerprint density at radius 1 is 1.15 bits per heavy atom. The first-order chi connectivity index (χ1) is 9.54. The van der Waals surface area contributed by atoms with Gasteiger partial charge in [0.25, 0.3) is 0 Å². The normalized spacial score (nSPS) is 12.4. The molecule has 106 valence electrons. The van der Waals surface area contributed by atoms with Crippen LogP contribution < -0.4 is 5.73 Å². The van der Waals surface area contributed by atoms with Gasteiger partial charge in [-0.2, -0.15) is 0 Å². The molecule has 1 unspecified atom stereocenters. The van der Waals surface area contributed by atoms with E-state index in [9.17, 15) is 8.78 Å². The van der Waals surface area contributed by atoms with Gasteiger partial charge < -0.3 is 5.73 Å². The molecule has 0 amide bonds. The zero-order chi connectivity index (χ0) is 14.5. The number of rotatable bonds is 5. The monoisotopic (exact) mass is 313 g/mol. The Labute approximate surface area is 126 Å². The van der Waals surface area contributed by atoms with Crippen LogP contribution >= 0.6 is 23.4 Å². The van der Waals surface area contributed by atoms with E-state index < -0.39 is 5.82 Å². The highest BCUT2D eigenvalue weighted by atomic mass is 35.5. The second kappa shape index (κ2) is 7.07. The van der Waals surface area contributed by atoms with Crippen LogP contribution in [0.5, 0.6) is 0 Å². The van der Waals surface area contributed by atoms with E-state index in [1.165, 1.54) is 36.0 Å². The molecule has 0 saturated carbocycles. The average molecular weight is 314 g/mol. The largest absolute Gasteiger partial charge is 0.327 e. The molecule has 0 aliphatic rings. The molecule has 0 aliphatic heterocycles. The van der Waals surface area contributed by atoms with Crippen LogP contribution in [-0.4, -0.2) is 11.8 Å². The Morgan fingerprint density at radius 2 is 1.95 bits per heavy atom. The molecule has 1 nitrogen and oxygen atoms in total. The molecule has 2 aromatic carbocycles. The summed E-state index contributed by atoms with van der Waals surface area (Å²) in [7, 11) is 0. The summed E-state index contributed by atoms with van der Waals surface area (Å²) in [6.45, 7) is 0. The van der Waals surface area contributed by atoms with Crippen LogP contribution in [0.4, 0.5) is 8.78 Å². The SMILES string of the molecule is NC(CSc1cccc(F)c1)Cc1ccc(Cl)c(F)c1. The average Bonchev–Trinajstić information content (AvgIpc) is 2.41. The molecule has 0 bridgehead atoms. The number of hydrogen-bond donors (Lipinski definition) is 1. The fourth-order valence-electron chi connectivity index (χ4n) is 1.79. The van der Waals surface area contributed by atoms with Crippen LogP contribution in [0.2, 0.25) is 5.02 Å². The third-order valence-electron chi connectivity index (χ3n) is 2.74. The lowest BCUT2D eigenvalue weighted by Crippen LogP contribution is -2.25. The van der Waals surface area contributed by atoms with Gasteiger partial charge in [-0.25, -0.2) is 8.78 Å². The van der Waals surface area contributed by atoms with Crippen molar-refractivity contribution in [3.63, 3.8) is 0 Å². The van der Waals surface area contributed by atoms with E-state index in [1.54, 1.807) is 12.1 Å². The Bertz CT molecular complexity index is 592. The number of thioether (sulfide) groups is 1. The molecule has 2 rings (SSSR count). The summed E-state index contributed by atoms with van der Waals surface area (Å²) in [5.41, 5.74) is 6.81. The molecule has 0 aromatic heterocycles. The smallest absolute Gasteiger partial charge is 0.142 e. The van der Waals surface area contributed by atoms with Gasteiger partial charge in [-0.15, -0.1) is 11.8 Å². The van der Waals surface area contributed by atoms with E-state index >= 15 is 0 Å². The summed E-state index contributed by atoms with van der Waals surface area (Å²) in [5, 5.41) is 0.108. The van der Waals surface area contributed by atoms with Gasteiger partial charge in [0.1, 0.15) is 11.6 Å². The van der Waals surface area contributed by atoms with Gasteiger partial charge in [0.2, 0.25) is 0 Å². The lowest BCUT2D eigenvalue weighted by molar-refractivity contribution is 0.622. The first-order valence-electron chi connectivity index (χ1n) is 6.12. The van der Waals surface area contributed by atoms with Crippen LogP contribution in [-0.2, 0) is 6.42 Å². The molecule has 0 heterocycles. The predicted molar refractivity (Wildman–Crippen MR) is 80.2 cm³/mol. The fourth-order valence-corrected chi connectivity index (χ4v) is 2.80. The van der Waals surface area contributed by atoms with E-state index in [-0.39, 0.29) is 16.9 Å². The van der Waals surface area contributed by atoms with Crippen molar-refractivity contribution < 1.29 is 8.78 Å². The Balaban J connectivity index is 1.89. The summed E-state index contributed by atoms with van der Waals surface area (Å²) < 4.78 is 26.3. The lowest BCUT2D eigenvalue weighted by atomic mass is 10.1. The molecule has 0 spiro atoms. The lowest BCUT2D eigenvalue weighted by Gasteiger charge is -2.11. The molecule has 2 aromatic rings. The zero-order valence-electron chi connectivity index (χ0n) is 10.7. The predicted octanol–water partition coefficient (Wildman–Crippen LogP) is 4.28. The quantitative estimate of drug-likeness (QED) is 0.834. The van der Waals surface area contributed by atoms with Crippen LogP contribution in [0.15, 0.2) is 47.4 Å². The van der Waals surface area contributed by atoms with Crippen LogP contribution in [0.1, 0.15) is 5.56 Å². The van der Waals surface area contributed by atoms with Gasteiger partial charge in [0, 0.05) is 16.7 Å². The van der Waals surface area contributed by atoms with E-state index in [1.807, 2.05) is 6.07 Å². The highest BCUT2D eigenvalue weighted by Crippen LogP contribution is 2.21. The molecule has 2 N–H and O–H groups in total. The topological polar surface area (TPSA) is 26.0 Å². The number of hydrogen-bond acceptors (Lipinski definition) is 2. The summed E-state index contributed by atoms with van der Waals surface area (Å²) in [6, 6.07) is 10.9. The van der Waals surface area contributed by atoms with Crippen LogP contribution in [0, 0.1) is 11.6 Å². The first-order valence-corrected chi connectivity index (χ1v) is 7.49. The molecule has 20 heavy (non-hydrogen) atoms. The van der Waals surface area contributed by atoms with Crippen molar-refractivity contribution in [3.05, 3.63) is 64.7 Å². The molecular formula is C15H14ClF2NS. The second-order valence-electron chi connectivity index (χ2n) is 4.48. The molecule has 5 heteroatoms. The highest BCUT2D eigenvalue weighted by Gasteiger charge is 2.08.